The molecule has 2 aromatic rings. The summed E-state index contributed by atoms with van der Waals surface area (Å²) in [4.78, 5) is 15.5. The number of H-pyrrole nitrogens is 1. The Bertz CT molecular complexity index is 914. The van der Waals surface area contributed by atoms with Crippen LogP contribution in [-0.2, 0) is 21.4 Å². The van der Waals surface area contributed by atoms with Gasteiger partial charge in [0.15, 0.2) is 0 Å². The van der Waals surface area contributed by atoms with Gasteiger partial charge in [-0.1, -0.05) is 13.3 Å². The molecule has 0 fully saturated rings. The Labute approximate surface area is 147 Å². The van der Waals surface area contributed by atoms with Crippen molar-refractivity contribution in [2.24, 2.45) is 0 Å². The third-order valence-corrected chi connectivity index (χ3v) is 5.35. The van der Waals surface area contributed by atoms with Gasteiger partial charge < -0.3 is 9.72 Å². The number of hydrogen-bond acceptors (Lipinski definition) is 4. The second kappa shape index (κ2) is 6.61. The number of nitrogens with zero attached hydrogens (tertiary/aromatic N) is 2. The number of carbonyl (C=O) groups excluding carboxylic acids is 1. The SMILES string of the molecule is CCCC1(CC(=O)OC)CCCc2c1[nH]c1c(C#N)ccc(C#N)c21. The van der Waals surface area contributed by atoms with Crippen molar-refractivity contribution in [1.29, 1.82) is 10.5 Å². The van der Waals surface area contributed by atoms with Gasteiger partial charge in [-0.25, -0.2) is 0 Å². The standard InChI is InChI=1S/C20H21N3O2/c1-3-8-20(10-16(24)25-2)9-4-5-15-17-13(11-21)6-7-14(12-22)18(17)23-19(15)20/h6-7,23H,3-5,8-10H2,1-2H3. The first-order chi connectivity index (χ1) is 12.1. The maximum atomic E-state index is 12.1. The van der Waals surface area contributed by atoms with Crippen LogP contribution in [0, 0.1) is 22.7 Å². The van der Waals surface area contributed by atoms with Crippen molar-refractivity contribution in [1.82, 2.24) is 4.98 Å². The zero-order valence-corrected chi connectivity index (χ0v) is 14.6. The molecule has 0 amide bonds. The Morgan fingerprint density at radius 3 is 2.68 bits per heavy atom. The number of carbonyl (C=O) groups is 1. The molecule has 1 unspecified atom stereocenters. The molecule has 3 rings (SSSR count). The van der Waals surface area contributed by atoms with Gasteiger partial charge in [0, 0.05) is 16.5 Å². The van der Waals surface area contributed by atoms with Crippen molar-refractivity contribution in [2.75, 3.05) is 7.11 Å². The van der Waals surface area contributed by atoms with Crippen LogP contribution in [0.5, 0.6) is 0 Å². The van der Waals surface area contributed by atoms with Crippen molar-refractivity contribution < 1.29 is 9.53 Å². The summed E-state index contributed by atoms with van der Waals surface area (Å²) in [6, 6.07) is 7.86. The molecule has 1 aromatic carbocycles. The van der Waals surface area contributed by atoms with Crippen LogP contribution >= 0.6 is 0 Å². The molecule has 0 radical (unpaired) electrons. The summed E-state index contributed by atoms with van der Waals surface area (Å²) < 4.78 is 4.95. The minimum Gasteiger partial charge on any atom is -0.469 e. The van der Waals surface area contributed by atoms with E-state index >= 15 is 0 Å². The average Bonchev–Trinajstić information content (AvgIpc) is 3.02. The Hall–Kier alpha value is -2.79. The van der Waals surface area contributed by atoms with Crippen LogP contribution in [0.2, 0.25) is 0 Å². The van der Waals surface area contributed by atoms with Gasteiger partial charge in [-0.3, -0.25) is 4.79 Å². The lowest BCUT2D eigenvalue weighted by molar-refractivity contribution is -0.142. The van der Waals surface area contributed by atoms with E-state index in [0.29, 0.717) is 17.5 Å². The molecule has 128 valence electrons. The number of ether oxygens (including phenoxy) is 1. The largest absolute Gasteiger partial charge is 0.469 e. The van der Waals surface area contributed by atoms with Gasteiger partial charge in [-0.2, -0.15) is 10.5 Å². The highest BCUT2D eigenvalue weighted by Crippen LogP contribution is 2.46. The lowest BCUT2D eigenvalue weighted by Crippen LogP contribution is -2.34. The predicted molar refractivity (Wildman–Crippen MR) is 93.9 cm³/mol. The van der Waals surface area contributed by atoms with Crippen LogP contribution in [0.15, 0.2) is 12.1 Å². The number of nitrogens with one attached hydrogen (secondary N) is 1. The number of aromatic amines is 1. The van der Waals surface area contributed by atoms with E-state index in [2.05, 4.69) is 24.0 Å². The fraction of sp³-hybridized carbons (Fsp3) is 0.450. The Morgan fingerprint density at radius 1 is 1.32 bits per heavy atom. The number of methoxy groups -OCH3 is 1. The number of fused-ring (bicyclic) bond motifs is 3. The summed E-state index contributed by atoms with van der Waals surface area (Å²) in [5.41, 5.74) is 3.63. The van der Waals surface area contributed by atoms with E-state index < -0.39 is 0 Å². The second-order valence-electron chi connectivity index (χ2n) is 6.75. The monoisotopic (exact) mass is 335 g/mol. The van der Waals surface area contributed by atoms with E-state index in [1.165, 1.54) is 7.11 Å². The number of esters is 1. The third-order valence-electron chi connectivity index (χ3n) is 5.35. The molecule has 0 spiro atoms. The highest BCUT2D eigenvalue weighted by molar-refractivity contribution is 5.94. The van der Waals surface area contributed by atoms with Gasteiger partial charge in [-0.15, -0.1) is 0 Å². The zero-order chi connectivity index (χ0) is 18.0. The molecule has 0 saturated heterocycles. The minimum absolute atomic E-state index is 0.221. The van der Waals surface area contributed by atoms with Crippen molar-refractivity contribution in [3.8, 4) is 12.1 Å². The second-order valence-corrected chi connectivity index (χ2v) is 6.75. The summed E-state index contributed by atoms with van der Waals surface area (Å²) in [7, 11) is 1.42. The highest BCUT2D eigenvalue weighted by Gasteiger charge is 2.40. The van der Waals surface area contributed by atoms with E-state index in [-0.39, 0.29) is 11.4 Å². The number of hydrogen-bond donors (Lipinski definition) is 1. The van der Waals surface area contributed by atoms with Crippen molar-refractivity contribution in [2.45, 2.75) is 50.9 Å². The smallest absolute Gasteiger partial charge is 0.306 e. The molecule has 0 saturated carbocycles. The van der Waals surface area contributed by atoms with Crippen molar-refractivity contribution in [3.05, 3.63) is 34.5 Å². The topological polar surface area (TPSA) is 89.7 Å². The summed E-state index contributed by atoms with van der Waals surface area (Å²) in [5.74, 6) is -0.221. The first-order valence-electron chi connectivity index (χ1n) is 8.65. The number of aromatic nitrogens is 1. The van der Waals surface area contributed by atoms with Gasteiger partial charge in [0.25, 0.3) is 0 Å². The van der Waals surface area contributed by atoms with Gasteiger partial charge >= 0.3 is 5.97 Å². The van der Waals surface area contributed by atoms with Crippen molar-refractivity contribution in [3.63, 3.8) is 0 Å². The van der Waals surface area contributed by atoms with Crippen LogP contribution in [0.3, 0.4) is 0 Å². The molecule has 1 aliphatic rings. The highest BCUT2D eigenvalue weighted by atomic mass is 16.5. The van der Waals surface area contributed by atoms with Gasteiger partial charge in [0.05, 0.1) is 36.2 Å². The summed E-state index contributed by atoms with van der Waals surface area (Å²) >= 11 is 0. The van der Waals surface area contributed by atoms with E-state index in [0.717, 1.165) is 54.3 Å². The summed E-state index contributed by atoms with van der Waals surface area (Å²) in [6.07, 6.45) is 4.85. The number of nitriles is 2. The molecule has 0 aliphatic heterocycles. The first kappa shape index (κ1) is 17.0. The van der Waals surface area contributed by atoms with Gasteiger partial charge in [0.2, 0.25) is 0 Å². The van der Waals surface area contributed by atoms with E-state index in [4.69, 9.17) is 4.74 Å². The number of rotatable bonds is 4. The Kier molecular flexibility index (Phi) is 4.51. The molecule has 1 heterocycles. The fourth-order valence-electron chi connectivity index (χ4n) is 4.33. The van der Waals surface area contributed by atoms with Gasteiger partial charge in [0.1, 0.15) is 6.07 Å². The van der Waals surface area contributed by atoms with Crippen LogP contribution in [0.25, 0.3) is 10.9 Å². The molecule has 1 N–H and O–H groups in total. The zero-order valence-electron chi connectivity index (χ0n) is 14.6. The normalized spacial score (nSPS) is 19.0. The molecule has 1 atom stereocenters. The van der Waals surface area contributed by atoms with Crippen molar-refractivity contribution >= 4 is 16.9 Å². The molecular formula is C20H21N3O2. The van der Waals surface area contributed by atoms with E-state index in [9.17, 15) is 15.3 Å². The molecule has 1 aliphatic carbocycles. The van der Waals surface area contributed by atoms with E-state index in [1.54, 1.807) is 12.1 Å². The molecular weight excluding hydrogens is 314 g/mol. The van der Waals surface area contributed by atoms with E-state index in [1.807, 2.05) is 0 Å². The third kappa shape index (κ3) is 2.66. The molecule has 5 heteroatoms. The number of benzene rings is 1. The summed E-state index contributed by atoms with van der Waals surface area (Å²) in [6.45, 7) is 2.11. The summed E-state index contributed by atoms with van der Waals surface area (Å²) in [5, 5.41) is 19.8. The Balaban J connectivity index is 2.30. The Morgan fingerprint density at radius 2 is 2.04 bits per heavy atom. The van der Waals surface area contributed by atoms with Gasteiger partial charge in [-0.05, 0) is 43.4 Å². The maximum absolute atomic E-state index is 12.1. The molecule has 1 aromatic heterocycles. The molecule has 5 nitrogen and oxygen atoms in total. The maximum Gasteiger partial charge on any atom is 0.306 e. The quantitative estimate of drug-likeness (QED) is 0.859. The fourth-order valence-corrected chi connectivity index (χ4v) is 4.33. The lowest BCUT2D eigenvalue weighted by atomic mass is 9.68. The molecule has 0 bridgehead atoms. The molecule has 25 heavy (non-hydrogen) atoms. The van der Waals surface area contributed by atoms with Crippen LogP contribution in [0.1, 0.15) is 61.4 Å². The minimum atomic E-state index is -0.312. The van der Waals surface area contributed by atoms with Crippen LogP contribution in [-0.4, -0.2) is 18.1 Å². The lowest BCUT2D eigenvalue weighted by Gasteiger charge is -2.36. The average molecular weight is 335 g/mol. The van der Waals surface area contributed by atoms with Crippen LogP contribution < -0.4 is 0 Å². The number of aryl methyl sites for hydroxylation is 1. The first-order valence-corrected chi connectivity index (χ1v) is 8.65. The van der Waals surface area contributed by atoms with Crippen LogP contribution in [0.4, 0.5) is 0 Å². The predicted octanol–water partition coefficient (Wildman–Crippen LogP) is 3.85.